The number of rotatable bonds is 4. The number of nitrogens with zero attached hydrogens (tertiary/aromatic N) is 1. The molecule has 4 heteroatoms. The van der Waals surface area contributed by atoms with Crippen molar-refractivity contribution in [1.82, 2.24) is 4.98 Å². The Bertz CT molecular complexity index is 552. The van der Waals surface area contributed by atoms with Crippen LogP contribution in [0.5, 0.6) is 5.75 Å². The molecule has 18 heavy (non-hydrogen) atoms. The fourth-order valence-electron chi connectivity index (χ4n) is 1.49. The van der Waals surface area contributed by atoms with Crippen molar-refractivity contribution in [1.29, 1.82) is 0 Å². The summed E-state index contributed by atoms with van der Waals surface area (Å²) >= 11 is 1.56. The van der Waals surface area contributed by atoms with Gasteiger partial charge in [0.2, 0.25) is 0 Å². The first-order valence-corrected chi connectivity index (χ1v) is 6.29. The lowest BCUT2D eigenvalue weighted by Crippen LogP contribution is -1.91. The monoisotopic (exact) mass is 259 g/mol. The van der Waals surface area contributed by atoms with Crippen molar-refractivity contribution >= 4 is 18.0 Å². The first-order chi connectivity index (χ1) is 8.72. The highest BCUT2D eigenvalue weighted by atomic mass is 32.2. The number of methoxy groups -OCH3 is 1. The molecule has 0 aliphatic carbocycles. The van der Waals surface area contributed by atoms with Crippen molar-refractivity contribution in [2.75, 3.05) is 7.11 Å². The molecule has 0 atom stereocenters. The maximum Gasteiger partial charge on any atom is 0.151 e. The van der Waals surface area contributed by atoms with Gasteiger partial charge in [0.05, 0.1) is 7.11 Å². The van der Waals surface area contributed by atoms with Gasteiger partial charge in [-0.1, -0.05) is 11.8 Å². The number of ether oxygens (including phenoxy) is 1. The Labute approximate surface area is 110 Å². The second kappa shape index (κ2) is 5.69. The molecule has 0 aliphatic heterocycles. The molecule has 0 fully saturated rings. The lowest BCUT2D eigenvalue weighted by molar-refractivity contribution is 0.112. The van der Waals surface area contributed by atoms with Crippen molar-refractivity contribution in [2.24, 2.45) is 0 Å². The van der Waals surface area contributed by atoms with Gasteiger partial charge >= 0.3 is 0 Å². The molecular formula is C14H13NO2S. The minimum Gasteiger partial charge on any atom is -0.497 e. The van der Waals surface area contributed by atoms with Gasteiger partial charge < -0.3 is 4.74 Å². The Morgan fingerprint density at radius 3 is 2.44 bits per heavy atom. The molecule has 0 unspecified atom stereocenters. The van der Waals surface area contributed by atoms with Crippen LogP contribution in [-0.4, -0.2) is 18.4 Å². The van der Waals surface area contributed by atoms with Crippen molar-refractivity contribution in [3.05, 3.63) is 47.7 Å². The first-order valence-electron chi connectivity index (χ1n) is 5.47. The summed E-state index contributed by atoms with van der Waals surface area (Å²) in [6, 6.07) is 11.4. The molecule has 0 saturated heterocycles. The third-order valence-electron chi connectivity index (χ3n) is 2.51. The number of benzene rings is 1. The molecule has 3 nitrogen and oxygen atoms in total. The van der Waals surface area contributed by atoms with E-state index >= 15 is 0 Å². The summed E-state index contributed by atoms with van der Waals surface area (Å²) in [4.78, 5) is 16.2. The van der Waals surface area contributed by atoms with E-state index in [-0.39, 0.29) is 0 Å². The number of aryl methyl sites for hydroxylation is 1. The number of aromatic nitrogens is 1. The van der Waals surface area contributed by atoms with Gasteiger partial charge in [0, 0.05) is 16.2 Å². The van der Waals surface area contributed by atoms with Crippen LogP contribution in [0, 0.1) is 6.92 Å². The van der Waals surface area contributed by atoms with Crippen LogP contribution in [0.4, 0.5) is 0 Å². The predicted octanol–water partition coefficient (Wildman–Crippen LogP) is 3.36. The van der Waals surface area contributed by atoms with Gasteiger partial charge in [-0.25, -0.2) is 4.98 Å². The molecule has 2 aromatic rings. The molecule has 0 radical (unpaired) electrons. The van der Waals surface area contributed by atoms with Gasteiger partial charge in [-0.3, -0.25) is 4.79 Å². The molecule has 0 spiro atoms. The minimum absolute atomic E-state index is 0.633. The molecule has 1 aromatic heterocycles. The van der Waals surface area contributed by atoms with E-state index in [1.54, 1.807) is 24.9 Å². The number of hydrogen-bond donors (Lipinski definition) is 0. The minimum atomic E-state index is 0.633. The summed E-state index contributed by atoms with van der Waals surface area (Å²) in [7, 11) is 1.64. The first kappa shape index (κ1) is 12.6. The predicted molar refractivity (Wildman–Crippen MR) is 71.5 cm³/mol. The normalized spacial score (nSPS) is 10.1. The smallest absolute Gasteiger partial charge is 0.151 e. The van der Waals surface area contributed by atoms with E-state index in [1.165, 1.54) is 0 Å². The Morgan fingerprint density at radius 1 is 1.17 bits per heavy atom. The van der Waals surface area contributed by atoms with E-state index < -0.39 is 0 Å². The van der Waals surface area contributed by atoms with E-state index in [0.717, 1.165) is 27.7 Å². The number of hydrogen-bond acceptors (Lipinski definition) is 4. The zero-order valence-electron chi connectivity index (χ0n) is 10.2. The lowest BCUT2D eigenvalue weighted by Gasteiger charge is -2.04. The summed E-state index contributed by atoms with van der Waals surface area (Å²) in [6.45, 7) is 1.84. The van der Waals surface area contributed by atoms with Crippen LogP contribution in [0.1, 0.15) is 16.1 Å². The molecule has 1 aromatic carbocycles. The average molecular weight is 259 g/mol. The van der Waals surface area contributed by atoms with Gasteiger partial charge in [-0.05, 0) is 43.3 Å². The molecule has 2 rings (SSSR count). The van der Waals surface area contributed by atoms with Gasteiger partial charge in [-0.15, -0.1) is 0 Å². The second-order valence-corrected chi connectivity index (χ2v) is 4.81. The summed E-state index contributed by atoms with van der Waals surface area (Å²) in [6.07, 6.45) is 0.824. The molecule has 0 bridgehead atoms. The van der Waals surface area contributed by atoms with Crippen molar-refractivity contribution in [3.8, 4) is 5.75 Å². The van der Waals surface area contributed by atoms with Gasteiger partial charge in [0.25, 0.3) is 0 Å². The van der Waals surface area contributed by atoms with Gasteiger partial charge in [0.15, 0.2) is 6.29 Å². The maximum atomic E-state index is 10.7. The van der Waals surface area contributed by atoms with Crippen molar-refractivity contribution in [3.63, 3.8) is 0 Å². The van der Waals surface area contributed by atoms with Crippen LogP contribution in [-0.2, 0) is 0 Å². The van der Waals surface area contributed by atoms with Crippen LogP contribution in [0.2, 0.25) is 0 Å². The summed E-state index contributed by atoms with van der Waals surface area (Å²) < 4.78 is 5.11. The Kier molecular flexibility index (Phi) is 3.99. The molecular weight excluding hydrogens is 246 g/mol. The largest absolute Gasteiger partial charge is 0.497 e. The number of carbonyl (C=O) groups excluding carboxylic acids is 1. The van der Waals surface area contributed by atoms with Gasteiger partial charge in [-0.2, -0.15) is 0 Å². The van der Waals surface area contributed by atoms with Crippen LogP contribution in [0.25, 0.3) is 0 Å². The van der Waals surface area contributed by atoms with E-state index in [1.807, 2.05) is 37.3 Å². The Balaban J connectivity index is 2.17. The third kappa shape index (κ3) is 2.90. The van der Waals surface area contributed by atoms with Crippen LogP contribution >= 0.6 is 11.8 Å². The highest BCUT2D eigenvalue weighted by molar-refractivity contribution is 7.99. The van der Waals surface area contributed by atoms with Crippen LogP contribution < -0.4 is 4.74 Å². The Morgan fingerprint density at radius 2 is 1.89 bits per heavy atom. The van der Waals surface area contributed by atoms with Crippen LogP contribution in [0.3, 0.4) is 0 Å². The van der Waals surface area contributed by atoms with E-state index in [0.29, 0.717) is 5.56 Å². The van der Waals surface area contributed by atoms with E-state index in [9.17, 15) is 4.79 Å². The van der Waals surface area contributed by atoms with E-state index in [4.69, 9.17) is 4.74 Å². The number of pyridine rings is 1. The molecule has 0 saturated carbocycles. The average Bonchev–Trinajstić information content (AvgIpc) is 2.40. The second-order valence-electron chi connectivity index (χ2n) is 3.72. The maximum absolute atomic E-state index is 10.7. The number of carbonyl (C=O) groups is 1. The quantitative estimate of drug-likeness (QED) is 0.789. The summed E-state index contributed by atoms with van der Waals surface area (Å²) in [5.74, 6) is 0.833. The topological polar surface area (TPSA) is 39.2 Å². The molecule has 1 heterocycles. The standard InChI is InChI=1S/C14H13NO2S/c1-10-11(9-16)3-8-14(15-10)18-13-6-4-12(17-2)5-7-13/h3-9H,1-2H3. The molecule has 0 aliphatic rings. The van der Waals surface area contributed by atoms with E-state index in [2.05, 4.69) is 4.98 Å². The highest BCUT2D eigenvalue weighted by Crippen LogP contribution is 2.28. The number of aldehydes is 1. The fourth-order valence-corrected chi connectivity index (χ4v) is 2.33. The fraction of sp³-hybridized carbons (Fsp3) is 0.143. The van der Waals surface area contributed by atoms with Gasteiger partial charge in [0.1, 0.15) is 10.8 Å². The molecule has 0 N–H and O–H groups in total. The zero-order chi connectivity index (χ0) is 13.0. The van der Waals surface area contributed by atoms with Crippen molar-refractivity contribution in [2.45, 2.75) is 16.8 Å². The Hall–Kier alpha value is -1.81. The van der Waals surface area contributed by atoms with Crippen LogP contribution in [0.15, 0.2) is 46.3 Å². The zero-order valence-corrected chi connectivity index (χ0v) is 11.0. The SMILES string of the molecule is COc1ccc(Sc2ccc(C=O)c(C)n2)cc1. The summed E-state index contributed by atoms with van der Waals surface area (Å²) in [5, 5.41) is 0.878. The highest BCUT2D eigenvalue weighted by Gasteiger charge is 2.03. The molecule has 92 valence electrons. The molecule has 0 amide bonds. The third-order valence-corrected chi connectivity index (χ3v) is 3.45. The summed E-state index contributed by atoms with van der Waals surface area (Å²) in [5.41, 5.74) is 1.39. The lowest BCUT2D eigenvalue weighted by atomic mass is 10.2. The van der Waals surface area contributed by atoms with Crippen molar-refractivity contribution < 1.29 is 9.53 Å².